The molecule has 0 aliphatic rings. The van der Waals surface area contributed by atoms with Crippen molar-refractivity contribution in [2.45, 2.75) is 13.0 Å². The lowest BCUT2D eigenvalue weighted by molar-refractivity contribution is 0.629. The van der Waals surface area contributed by atoms with Crippen LogP contribution in [0.25, 0.3) is 10.9 Å². The van der Waals surface area contributed by atoms with Gasteiger partial charge < -0.3 is 10.3 Å². The molecule has 4 rings (SSSR count). The van der Waals surface area contributed by atoms with Crippen LogP contribution < -0.4 is 5.32 Å². The average Bonchev–Trinajstić information content (AvgIpc) is 3.25. The summed E-state index contributed by atoms with van der Waals surface area (Å²) in [6.07, 6.45) is 5.62. The molecule has 1 atom stereocenters. The molecule has 8 heteroatoms. The van der Waals surface area contributed by atoms with Crippen molar-refractivity contribution in [2.24, 2.45) is 7.05 Å². The van der Waals surface area contributed by atoms with E-state index in [1.165, 1.54) is 23.5 Å². The van der Waals surface area contributed by atoms with E-state index in [0.717, 1.165) is 27.0 Å². The van der Waals surface area contributed by atoms with Gasteiger partial charge in [0.1, 0.15) is 10.8 Å². The van der Waals surface area contributed by atoms with Crippen LogP contribution in [0.4, 0.5) is 9.52 Å². The van der Waals surface area contributed by atoms with E-state index < -0.39 is 0 Å². The highest BCUT2D eigenvalue weighted by atomic mass is 32.1. The van der Waals surface area contributed by atoms with E-state index in [1.807, 2.05) is 26.4 Å². The minimum Gasteiger partial charge on any atom is -0.361 e. The number of aromatic amines is 1. The van der Waals surface area contributed by atoms with Gasteiger partial charge in [-0.25, -0.2) is 4.39 Å². The summed E-state index contributed by atoms with van der Waals surface area (Å²) in [6.45, 7) is 1.91. The highest BCUT2D eigenvalue weighted by molar-refractivity contribution is 7.15. The summed E-state index contributed by atoms with van der Waals surface area (Å²) in [5.41, 5.74) is 2.79. The number of anilines is 1. The van der Waals surface area contributed by atoms with Crippen molar-refractivity contribution in [3.05, 3.63) is 58.7 Å². The van der Waals surface area contributed by atoms with Crippen LogP contribution >= 0.6 is 11.3 Å². The van der Waals surface area contributed by atoms with E-state index in [0.29, 0.717) is 5.13 Å². The molecular formula is C16H15FN6S. The standard InChI is InChI=1S/C16H15FN6S/c1-9-21-22-16(24-9)20-15(10-6-19-23(2)8-10)13-7-18-14-4-3-11(17)5-12(13)14/h3-8,15,18H,1-2H3,(H,20,22). The summed E-state index contributed by atoms with van der Waals surface area (Å²) >= 11 is 1.48. The van der Waals surface area contributed by atoms with Gasteiger partial charge in [-0.1, -0.05) is 11.3 Å². The van der Waals surface area contributed by atoms with E-state index in [2.05, 4.69) is 25.6 Å². The van der Waals surface area contributed by atoms with Gasteiger partial charge in [-0.3, -0.25) is 4.68 Å². The molecule has 3 heterocycles. The predicted molar refractivity (Wildman–Crippen MR) is 91.6 cm³/mol. The Morgan fingerprint density at radius 2 is 2.21 bits per heavy atom. The molecular weight excluding hydrogens is 327 g/mol. The lowest BCUT2D eigenvalue weighted by atomic mass is 10.0. The quantitative estimate of drug-likeness (QED) is 0.596. The Hall–Kier alpha value is -2.74. The number of halogens is 1. The van der Waals surface area contributed by atoms with Crippen LogP contribution in [0, 0.1) is 12.7 Å². The second kappa shape index (κ2) is 5.72. The first kappa shape index (κ1) is 14.8. The van der Waals surface area contributed by atoms with Gasteiger partial charge in [-0.15, -0.1) is 10.2 Å². The second-order valence-electron chi connectivity index (χ2n) is 5.58. The zero-order chi connectivity index (χ0) is 16.7. The summed E-state index contributed by atoms with van der Waals surface area (Å²) in [4.78, 5) is 3.20. The molecule has 6 nitrogen and oxygen atoms in total. The van der Waals surface area contributed by atoms with Gasteiger partial charge in [-0.05, 0) is 25.1 Å². The summed E-state index contributed by atoms with van der Waals surface area (Å²) in [5.74, 6) is -0.264. The fourth-order valence-corrected chi connectivity index (χ4v) is 3.38. The van der Waals surface area contributed by atoms with Crippen molar-refractivity contribution in [2.75, 3.05) is 5.32 Å². The van der Waals surface area contributed by atoms with E-state index in [4.69, 9.17) is 0 Å². The first-order chi connectivity index (χ1) is 11.6. The van der Waals surface area contributed by atoms with Gasteiger partial charge in [0.25, 0.3) is 0 Å². The van der Waals surface area contributed by atoms with Gasteiger partial charge in [0.15, 0.2) is 0 Å². The molecule has 0 radical (unpaired) electrons. The Bertz CT molecular complexity index is 1000. The summed E-state index contributed by atoms with van der Waals surface area (Å²) in [7, 11) is 1.87. The maximum Gasteiger partial charge on any atom is 0.206 e. The molecule has 3 aromatic heterocycles. The Morgan fingerprint density at radius 1 is 1.33 bits per heavy atom. The third-order valence-corrected chi connectivity index (χ3v) is 4.61. The number of rotatable bonds is 4. The van der Waals surface area contributed by atoms with Crippen molar-refractivity contribution in [1.82, 2.24) is 25.0 Å². The largest absolute Gasteiger partial charge is 0.361 e. The average molecular weight is 342 g/mol. The second-order valence-corrected chi connectivity index (χ2v) is 6.77. The fraction of sp³-hybridized carbons (Fsp3) is 0.188. The first-order valence-corrected chi connectivity index (χ1v) is 8.23. The number of hydrogen-bond donors (Lipinski definition) is 2. The van der Waals surface area contributed by atoms with Crippen LogP contribution in [0.2, 0.25) is 0 Å². The Kier molecular flexibility index (Phi) is 3.53. The summed E-state index contributed by atoms with van der Waals surface area (Å²) < 4.78 is 15.5. The number of aromatic nitrogens is 5. The lowest BCUT2D eigenvalue weighted by Gasteiger charge is -2.16. The van der Waals surface area contributed by atoms with Crippen LogP contribution in [0.5, 0.6) is 0 Å². The van der Waals surface area contributed by atoms with Crippen molar-refractivity contribution in [3.63, 3.8) is 0 Å². The summed E-state index contributed by atoms with van der Waals surface area (Å²) in [6, 6.07) is 4.52. The van der Waals surface area contributed by atoms with Crippen molar-refractivity contribution >= 4 is 27.4 Å². The number of fused-ring (bicyclic) bond motifs is 1. The molecule has 0 spiro atoms. The maximum absolute atomic E-state index is 13.7. The zero-order valence-electron chi connectivity index (χ0n) is 13.1. The van der Waals surface area contributed by atoms with Crippen LogP contribution in [0.15, 0.2) is 36.8 Å². The molecule has 0 saturated heterocycles. The fourth-order valence-electron chi connectivity index (χ4n) is 2.76. The SMILES string of the molecule is Cc1nnc(NC(c2cnn(C)c2)c2c[nH]c3ccc(F)cc23)s1. The first-order valence-electron chi connectivity index (χ1n) is 7.42. The van der Waals surface area contributed by atoms with Crippen LogP contribution in [0.1, 0.15) is 22.2 Å². The smallest absolute Gasteiger partial charge is 0.206 e. The Balaban J connectivity index is 1.83. The van der Waals surface area contributed by atoms with Gasteiger partial charge in [0.05, 0.1) is 12.2 Å². The molecule has 0 bridgehead atoms. The third-order valence-electron chi connectivity index (χ3n) is 3.84. The van der Waals surface area contributed by atoms with E-state index >= 15 is 0 Å². The van der Waals surface area contributed by atoms with Crippen molar-refractivity contribution < 1.29 is 4.39 Å². The number of benzene rings is 1. The normalized spacial score (nSPS) is 12.6. The molecule has 0 amide bonds. The Labute approximate surface area is 141 Å². The minimum atomic E-state index is -0.264. The highest BCUT2D eigenvalue weighted by Gasteiger charge is 2.21. The Morgan fingerprint density at radius 3 is 2.92 bits per heavy atom. The van der Waals surface area contributed by atoms with E-state index in [1.54, 1.807) is 16.9 Å². The molecule has 0 fully saturated rings. The van der Waals surface area contributed by atoms with Gasteiger partial charge in [0.2, 0.25) is 5.13 Å². The monoisotopic (exact) mass is 342 g/mol. The molecule has 0 aliphatic heterocycles. The van der Waals surface area contributed by atoms with Crippen LogP contribution in [0.3, 0.4) is 0 Å². The molecule has 0 saturated carbocycles. The number of H-pyrrole nitrogens is 1. The molecule has 122 valence electrons. The zero-order valence-corrected chi connectivity index (χ0v) is 13.9. The number of aryl methyl sites for hydroxylation is 2. The molecule has 1 aromatic carbocycles. The van der Waals surface area contributed by atoms with Crippen molar-refractivity contribution in [1.29, 1.82) is 0 Å². The lowest BCUT2D eigenvalue weighted by Crippen LogP contribution is -2.11. The van der Waals surface area contributed by atoms with Gasteiger partial charge in [0, 0.05) is 41.5 Å². The molecule has 4 aromatic rings. The maximum atomic E-state index is 13.7. The molecule has 1 unspecified atom stereocenters. The predicted octanol–water partition coefficient (Wildman–Crippen LogP) is 3.40. The van der Waals surface area contributed by atoms with Crippen molar-refractivity contribution in [3.8, 4) is 0 Å². The summed E-state index contributed by atoms with van der Waals surface area (Å²) in [5, 5.41) is 18.3. The van der Waals surface area contributed by atoms with Crippen LogP contribution in [-0.2, 0) is 7.05 Å². The number of hydrogen-bond acceptors (Lipinski definition) is 5. The third kappa shape index (κ3) is 2.65. The van der Waals surface area contributed by atoms with Gasteiger partial charge >= 0.3 is 0 Å². The molecule has 0 aliphatic carbocycles. The van der Waals surface area contributed by atoms with Crippen LogP contribution in [-0.4, -0.2) is 25.0 Å². The minimum absolute atomic E-state index is 0.207. The van der Waals surface area contributed by atoms with Gasteiger partial charge in [-0.2, -0.15) is 5.10 Å². The highest BCUT2D eigenvalue weighted by Crippen LogP contribution is 2.32. The molecule has 2 N–H and O–H groups in total. The molecule has 24 heavy (non-hydrogen) atoms. The topological polar surface area (TPSA) is 71.4 Å². The van der Waals surface area contributed by atoms with E-state index in [-0.39, 0.29) is 11.9 Å². The number of nitrogens with zero attached hydrogens (tertiary/aromatic N) is 4. The number of nitrogens with one attached hydrogen (secondary N) is 2. The van der Waals surface area contributed by atoms with E-state index in [9.17, 15) is 4.39 Å².